The predicted molar refractivity (Wildman–Crippen MR) is 45.2 cm³/mol. The van der Waals surface area contributed by atoms with Gasteiger partial charge in [0.05, 0.1) is 0 Å². The molecular weight excluding hydrogens is 126 g/mol. The molecule has 0 bridgehead atoms. The Hall–Kier alpha value is -0.700. The molecule has 3 nitrogen and oxygen atoms in total. The van der Waals surface area contributed by atoms with Crippen molar-refractivity contribution in [2.24, 2.45) is 10.9 Å². The van der Waals surface area contributed by atoms with Crippen molar-refractivity contribution in [1.29, 1.82) is 5.41 Å². The number of hydrogen-bond donors (Lipinski definition) is 2. The highest BCUT2D eigenvalue weighted by Gasteiger charge is 1.90. The minimum absolute atomic E-state index is 0.271. The van der Waals surface area contributed by atoms with Crippen LogP contribution in [0.1, 0.15) is 6.92 Å². The maximum atomic E-state index is 6.87. The first-order valence-corrected chi connectivity index (χ1v) is 3.44. The number of nitrogens with zero attached hydrogens (tertiary/aromatic N) is 1. The molecular formula is C7H15N3. The first-order valence-electron chi connectivity index (χ1n) is 3.44. The fourth-order valence-electron chi connectivity index (χ4n) is 0.449. The highest BCUT2D eigenvalue weighted by atomic mass is 14.8. The Balaban J connectivity index is 3.24. The van der Waals surface area contributed by atoms with Crippen LogP contribution in [-0.4, -0.2) is 32.6 Å². The quantitative estimate of drug-likeness (QED) is 0.540. The maximum Gasteiger partial charge on any atom is 0.0460 e. The predicted octanol–water partition coefficient (Wildman–Crippen LogP) is 0.562. The molecule has 0 aromatic heterocycles. The molecule has 0 aliphatic rings. The Labute approximate surface area is 62.1 Å². The zero-order chi connectivity index (χ0) is 7.82. The van der Waals surface area contributed by atoms with Crippen molar-refractivity contribution in [3.05, 3.63) is 0 Å². The molecule has 0 saturated heterocycles. The molecule has 58 valence electrons. The zero-order valence-electron chi connectivity index (χ0n) is 6.59. The summed E-state index contributed by atoms with van der Waals surface area (Å²) >= 11 is 0. The normalized spacial score (nSPS) is 13.8. The lowest BCUT2D eigenvalue weighted by atomic mass is 10.2. The van der Waals surface area contributed by atoms with Crippen molar-refractivity contribution in [1.82, 2.24) is 5.32 Å². The van der Waals surface area contributed by atoms with Gasteiger partial charge in [-0.1, -0.05) is 6.92 Å². The Kier molecular flexibility index (Phi) is 5.97. The second kappa shape index (κ2) is 6.42. The summed E-state index contributed by atoms with van der Waals surface area (Å²) in [6.45, 7) is 3.51. The molecule has 1 unspecified atom stereocenters. The maximum absolute atomic E-state index is 6.87. The van der Waals surface area contributed by atoms with Crippen molar-refractivity contribution in [2.45, 2.75) is 6.92 Å². The van der Waals surface area contributed by atoms with Crippen LogP contribution in [0.15, 0.2) is 4.99 Å². The van der Waals surface area contributed by atoms with E-state index in [9.17, 15) is 0 Å². The molecule has 0 saturated carbocycles. The summed E-state index contributed by atoms with van der Waals surface area (Å²) in [6, 6.07) is 0. The van der Waals surface area contributed by atoms with Gasteiger partial charge in [-0.05, 0) is 13.3 Å². The summed E-state index contributed by atoms with van der Waals surface area (Å²) in [5.74, 6) is 0.271. The van der Waals surface area contributed by atoms with Crippen molar-refractivity contribution in [2.75, 3.05) is 20.1 Å². The third-order valence-corrected chi connectivity index (χ3v) is 1.10. The van der Waals surface area contributed by atoms with Gasteiger partial charge in [-0.15, -0.1) is 0 Å². The molecule has 0 aliphatic carbocycles. The molecule has 3 heteroatoms. The van der Waals surface area contributed by atoms with Gasteiger partial charge in [0.1, 0.15) is 0 Å². The monoisotopic (exact) mass is 141 g/mol. The third kappa shape index (κ3) is 5.44. The highest BCUT2D eigenvalue weighted by molar-refractivity contribution is 5.61. The number of rotatable bonds is 5. The molecule has 0 spiro atoms. The Bertz CT molecular complexity index is 109. The molecule has 0 rings (SSSR count). The second-order valence-electron chi connectivity index (χ2n) is 2.25. The van der Waals surface area contributed by atoms with Crippen molar-refractivity contribution < 1.29 is 0 Å². The van der Waals surface area contributed by atoms with Crippen LogP contribution in [0.5, 0.6) is 0 Å². The fourth-order valence-corrected chi connectivity index (χ4v) is 0.449. The number of aliphatic imine (C=N–C) groups is 1. The largest absolute Gasteiger partial charge is 0.315 e. The molecule has 0 heterocycles. The average Bonchev–Trinajstić information content (AvgIpc) is 1.98. The molecule has 2 N–H and O–H groups in total. The Morgan fingerprint density at radius 2 is 2.40 bits per heavy atom. The van der Waals surface area contributed by atoms with E-state index in [0.29, 0.717) is 0 Å². The van der Waals surface area contributed by atoms with Crippen LogP contribution >= 0.6 is 0 Å². The lowest BCUT2D eigenvalue weighted by Crippen LogP contribution is -2.09. The van der Waals surface area contributed by atoms with E-state index in [1.165, 1.54) is 6.21 Å². The van der Waals surface area contributed by atoms with Crippen LogP contribution in [0, 0.1) is 11.3 Å². The van der Waals surface area contributed by atoms with E-state index >= 15 is 0 Å². The van der Waals surface area contributed by atoms with Gasteiger partial charge in [-0.25, -0.2) is 0 Å². The molecule has 0 radical (unpaired) electrons. The van der Waals surface area contributed by atoms with Crippen LogP contribution in [0.3, 0.4) is 0 Å². The summed E-state index contributed by atoms with van der Waals surface area (Å²) < 4.78 is 0. The van der Waals surface area contributed by atoms with Gasteiger partial charge in [0, 0.05) is 25.2 Å². The first kappa shape index (κ1) is 9.30. The minimum atomic E-state index is 0.271. The second-order valence-corrected chi connectivity index (χ2v) is 2.25. The van der Waals surface area contributed by atoms with E-state index in [4.69, 9.17) is 5.41 Å². The zero-order valence-corrected chi connectivity index (χ0v) is 6.59. The third-order valence-electron chi connectivity index (χ3n) is 1.10. The smallest absolute Gasteiger partial charge is 0.0460 e. The molecule has 0 fully saturated rings. The van der Waals surface area contributed by atoms with Crippen LogP contribution in [0.2, 0.25) is 0 Å². The SMILES string of the molecule is CNCC=NCC(C)C=N. The molecule has 0 aliphatic heterocycles. The van der Waals surface area contributed by atoms with E-state index in [-0.39, 0.29) is 5.92 Å². The van der Waals surface area contributed by atoms with Gasteiger partial charge in [0.25, 0.3) is 0 Å². The van der Waals surface area contributed by atoms with E-state index in [1.807, 2.05) is 20.2 Å². The van der Waals surface area contributed by atoms with Gasteiger partial charge >= 0.3 is 0 Å². The van der Waals surface area contributed by atoms with E-state index in [2.05, 4.69) is 10.3 Å². The topological polar surface area (TPSA) is 48.2 Å². The highest BCUT2D eigenvalue weighted by Crippen LogP contribution is 1.87. The lowest BCUT2D eigenvalue weighted by Gasteiger charge is -1.96. The van der Waals surface area contributed by atoms with Crippen LogP contribution < -0.4 is 5.32 Å². The van der Waals surface area contributed by atoms with Gasteiger partial charge in [-0.3, -0.25) is 4.99 Å². The van der Waals surface area contributed by atoms with Crippen LogP contribution in [0.4, 0.5) is 0 Å². The van der Waals surface area contributed by atoms with E-state index in [1.54, 1.807) is 0 Å². The van der Waals surface area contributed by atoms with E-state index in [0.717, 1.165) is 13.1 Å². The fraction of sp³-hybridized carbons (Fsp3) is 0.714. The molecule has 0 amide bonds. The summed E-state index contributed by atoms with van der Waals surface area (Å²) in [5, 5.41) is 9.83. The van der Waals surface area contributed by atoms with Crippen LogP contribution in [0.25, 0.3) is 0 Å². The van der Waals surface area contributed by atoms with Crippen molar-refractivity contribution >= 4 is 12.4 Å². The summed E-state index contributed by atoms with van der Waals surface area (Å²) in [4.78, 5) is 4.09. The molecule has 0 aromatic carbocycles. The molecule has 0 aromatic rings. The molecule has 10 heavy (non-hydrogen) atoms. The average molecular weight is 141 g/mol. The number of hydrogen-bond acceptors (Lipinski definition) is 3. The van der Waals surface area contributed by atoms with E-state index < -0.39 is 0 Å². The van der Waals surface area contributed by atoms with Crippen LogP contribution in [-0.2, 0) is 0 Å². The van der Waals surface area contributed by atoms with Gasteiger partial charge in [0.15, 0.2) is 0 Å². The number of nitrogens with one attached hydrogen (secondary N) is 2. The van der Waals surface area contributed by atoms with Crippen molar-refractivity contribution in [3.8, 4) is 0 Å². The minimum Gasteiger partial charge on any atom is -0.315 e. The lowest BCUT2D eigenvalue weighted by molar-refractivity contribution is 0.795. The summed E-state index contributed by atoms with van der Waals surface area (Å²) in [7, 11) is 1.88. The summed E-state index contributed by atoms with van der Waals surface area (Å²) in [5.41, 5.74) is 0. The first-order chi connectivity index (χ1) is 4.81. The van der Waals surface area contributed by atoms with Gasteiger partial charge in [-0.2, -0.15) is 0 Å². The van der Waals surface area contributed by atoms with Crippen molar-refractivity contribution in [3.63, 3.8) is 0 Å². The Morgan fingerprint density at radius 1 is 1.70 bits per heavy atom. The molecule has 1 atom stereocenters. The standard InChI is InChI=1S/C7H15N3/c1-7(5-8)6-10-4-3-9-2/h4-5,7-9H,3,6H2,1-2H3. The van der Waals surface area contributed by atoms with Gasteiger partial charge in [0.2, 0.25) is 0 Å². The Morgan fingerprint density at radius 3 is 2.90 bits per heavy atom. The summed E-state index contributed by atoms with van der Waals surface area (Å²) in [6.07, 6.45) is 3.25. The van der Waals surface area contributed by atoms with Gasteiger partial charge < -0.3 is 10.7 Å².